The Hall–Kier alpha value is -2.02. The van der Waals surface area contributed by atoms with Gasteiger partial charge in [-0.2, -0.15) is 0 Å². The maximum absolute atomic E-state index is 15.7. The number of hydrogen-bond acceptors (Lipinski definition) is 8. The van der Waals surface area contributed by atoms with Crippen molar-refractivity contribution < 1.29 is 22.3 Å². The Balaban J connectivity index is 1.46. The molecular formula is C27H30Cl3FN4O4S2. The van der Waals surface area contributed by atoms with Crippen LogP contribution >= 0.6 is 46.1 Å². The number of rotatable bonds is 10. The van der Waals surface area contributed by atoms with Crippen LogP contribution in [0.3, 0.4) is 0 Å². The van der Waals surface area contributed by atoms with Crippen molar-refractivity contribution in [3.05, 3.63) is 58.3 Å². The molecule has 3 aromatic rings. The number of nitrogens with zero attached hydrogens (tertiary/aromatic N) is 3. The number of nitrogens with one attached hydrogen (secondary N) is 1. The van der Waals surface area contributed by atoms with Crippen LogP contribution in [0.5, 0.6) is 11.5 Å². The average molecular weight is 664 g/mol. The number of anilines is 2. The molecule has 1 N–H and O–H groups in total. The molecule has 0 amide bonds. The molecule has 0 radical (unpaired) electrons. The number of benzene rings is 2. The molecular weight excluding hydrogens is 634 g/mol. The summed E-state index contributed by atoms with van der Waals surface area (Å²) in [5.41, 5.74) is 0.836. The summed E-state index contributed by atoms with van der Waals surface area (Å²) in [6.45, 7) is -0.159. The quantitative estimate of drug-likeness (QED) is 0.256. The Morgan fingerprint density at radius 3 is 2.51 bits per heavy atom. The number of thiazole rings is 1. The number of ether oxygens (including phenoxy) is 2. The van der Waals surface area contributed by atoms with E-state index in [1.165, 1.54) is 20.4 Å². The second-order valence-electron chi connectivity index (χ2n) is 10.4. The summed E-state index contributed by atoms with van der Waals surface area (Å²) in [4.78, 5) is 5.71. The summed E-state index contributed by atoms with van der Waals surface area (Å²) in [5.74, 6) is 0.356. The Bertz CT molecular complexity index is 1520. The van der Waals surface area contributed by atoms with Crippen LogP contribution in [0.15, 0.2) is 46.8 Å². The van der Waals surface area contributed by atoms with Crippen molar-refractivity contribution in [2.45, 2.75) is 40.7 Å². The molecule has 2 aliphatic rings. The van der Waals surface area contributed by atoms with Crippen molar-refractivity contribution in [1.82, 2.24) is 9.88 Å². The molecule has 2 unspecified atom stereocenters. The number of halogens is 4. The highest BCUT2D eigenvalue weighted by atomic mass is 35.5. The molecule has 222 valence electrons. The van der Waals surface area contributed by atoms with E-state index in [4.69, 9.17) is 44.3 Å². The fourth-order valence-corrected chi connectivity index (χ4v) is 9.04. The lowest BCUT2D eigenvalue weighted by atomic mass is 9.89. The molecule has 4 atom stereocenters. The smallest absolute Gasteiger partial charge is 0.269 e. The lowest BCUT2D eigenvalue weighted by Crippen LogP contribution is -2.46. The van der Waals surface area contributed by atoms with Crippen LogP contribution in [0.4, 0.5) is 15.2 Å². The third-order valence-electron chi connectivity index (χ3n) is 7.87. The molecule has 0 aliphatic heterocycles. The first-order valence-electron chi connectivity index (χ1n) is 12.8. The van der Waals surface area contributed by atoms with Gasteiger partial charge in [-0.15, -0.1) is 34.5 Å². The van der Waals surface area contributed by atoms with Crippen molar-refractivity contribution in [1.29, 1.82) is 0 Å². The zero-order chi connectivity index (χ0) is 29.7. The van der Waals surface area contributed by atoms with Gasteiger partial charge in [-0.1, -0.05) is 11.6 Å². The van der Waals surface area contributed by atoms with Gasteiger partial charge in [0.2, 0.25) is 0 Å². The van der Waals surface area contributed by atoms with Crippen LogP contribution in [-0.4, -0.2) is 63.0 Å². The van der Waals surface area contributed by atoms with Gasteiger partial charge in [0.25, 0.3) is 10.0 Å². The predicted molar refractivity (Wildman–Crippen MR) is 162 cm³/mol. The van der Waals surface area contributed by atoms with E-state index >= 15 is 4.39 Å². The minimum Gasteiger partial charge on any atom is -0.497 e. The number of aromatic nitrogens is 1. The van der Waals surface area contributed by atoms with Crippen LogP contribution in [-0.2, 0) is 16.6 Å². The Morgan fingerprint density at radius 1 is 1.15 bits per heavy atom. The second-order valence-corrected chi connectivity index (χ2v) is 15.0. The van der Waals surface area contributed by atoms with Crippen molar-refractivity contribution in [2.75, 3.05) is 37.9 Å². The van der Waals surface area contributed by atoms with Gasteiger partial charge in [0, 0.05) is 35.3 Å². The molecule has 1 heterocycles. The molecule has 5 rings (SSSR count). The molecule has 1 aromatic heterocycles. The predicted octanol–water partition coefficient (Wildman–Crippen LogP) is 6.27. The van der Waals surface area contributed by atoms with Gasteiger partial charge in [-0.25, -0.2) is 22.1 Å². The van der Waals surface area contributed by atoms with Crippen LogP contribution in [0.1, 0.15) is 18.4 Å². The van der Waals surface area contributed by atoms with E-state index < -0.39 is 25.1 Å². The van der Waals surface area contributed by atoms with E-state index in [0.717, 1.165) is 34.2 Å². The lowest BCUT2D eigenvalue weighted by molar-refractivity contribution is 0.204. The number of methoxy groups -OCH3 is 2. The van der Waals surface area contributed by atoms with Crippen LogP contribution in [0, 0.1) is 17.7 Å². The molecule has 2 aromatic carbocycles. The summed E-state index contributed by atoms with van der Waals surface area (Å²) in [6.07, 6.45) is 2.95. The monoisotopic (exact) mass is 662 g/mol. The van der Waals surface area contributed by atoms with Crippen LogP contribution < -0.4 is 19.1 Å². The first-order chi connectivity index (χ1) is 19.4. The molecule has 14 heteroatoms. The molecule has 0 saturated heterocycles. The highest BCUT2D eigenvalue weighted by Gasteiger charge is 2.66. The van der Waals surface area contributed by atoms with Crippen LogP contribution in [0.25, 0.3) is 0 Å². The minimum absolute atomic E-state index is 0.0736. The van der Waals surface area contributed by atoms with Gasteiger partial charge in [0.15, 0.2) is 5.13 Å². The minimum atomic E-state index is -4.44. The van der Waals surface area contributed by atoms with E-state index in [2.05, 4.69) is 15.2 Å². The molecule has 2 aliphatic carbocycles. The van der Waals surface area contributed by atoms with Crippen molar-refractivity contribution in [3.63, 3.8) is 0 Å². The molecule has 41 heavy (non-hydrogen) atoms. The molecule has 0 bridgehead atoms. The summed E-state index contributed by atoms with van der Waals surface area (Å²) in [6, 6.07) is 7.27. The SMILES string of the molecule is COc1ccc(CN(c2nccs2)S(=O)(=O)c2cc(Cl)c(NC3C[C@@H]4C(C[C@@H]3N(C)C)C4(Cl)Cl)cc2F)c(OC)c1. The number of likely N-dealkylation sites (N-methyl/N-ethyl adjacent to an activating group) is 1. The van der Waals surface area contributed by atoms with E-state index in [1.807, 2.05) is 14.1 Å². The fraction of sp³-hybridized carbons (Fsp3) is 0.444. The van der Waals surface area contributed by atoms with E-state index in [-0.39, 0.29) is 40.6 Å². The largest absolute Gasteiger partial charge is 0.497 e. The van der Waals surface area contributed by atoms with Gasteiger partial charge in [-0.3, -0.25) is 0 Å². The Labute approximate surface area is 258 Å². The van der Waals surface area contributed by atoms with E-state index in [9.17, 15) is 8.42 Å². The first kappa shape index (κ1) is 30.4. The van der Waals surface area contributed by atoms with Crippen molar-refractivity contribution in [2.24, 2.45) is 11.8 Å². The van der Waals surface area contributed by atoms with Gasteiger partial charge < -0.3 is 19.7 Å². The summed E-state index contributed by atoms with van der Waals surface area (Å²) < 4.78 is 54.6. The van der Waals surface area contributed by atoms with Gasteiger partial charge in [0.05, 0.1) is 31.5 Å². The van der Waals surface area contributed by atoms with Gasteiger partial charge in [-0.05, 0) is 63.0 Å². The summed E-state index contributed by atoms with van der Waals surface area (Å²) in [5, 5.41) is 5.23. The molecule has 0 spiro atoms. The molecule has 8 nitrogen and oxygen atoms in total. The maximum Gasteiger partial charge on any atom is 0.269 e. The second kappa shape index (κ2) is 11.6. The van der Waals surface area contributed by atoms with Gasteiger partial charge in [0.1, 0.15) is 26.5 Å². The van der Waals surface area contributed by atoms with Crippen LogP contribution in [0.2, 0.25) is 5.02 Å². The Morgan fingerprint density at radius 2 is 1.88 bits per heavy atom. The van der Waals surface area contributed by atoms with Gasteiger partial charge >= 0.3 is 0 Å². The van der Waals surface area contributed by atoms with E-state index in [1.54, 1.807) is 23.6 Å². The third-order valence-corrected chi connectivity index (χ3v) is 12.0. The standard InChI is InChI=1S/C27H30Cl3FN4O4S2/c1-34(2)23-11-18-17(27(18,29)30)10-22(23)33-21-13-20(31)25(12-19(21)28)41(36,37)35(26-32-7-8-40-26)14-15-5-6-16(38-3)9-24(15)39-4/h5-9,12-13,17-18,22-23,33H,10-11,14H2,1-4H3/t17-,18?,22?,23+/m1/s1. The van der Waals surface area contributed by atoms with Crippen molar-refractivity contribution >= 4 is 67.0 Å². The number of alkyl halides is 2. The highest BCUT2D eigenvalue weighted by molar-refractivity contribution is 7.93. The number of sulfonamides is 1. The van der Waals surface area contributed by atoms with Crippen molar-refractivity contribution in [3.8, 4) is 11.5 Å². The lowest BCUT2D eigenvalue weighted by Gasteiger charge is -2.36. The third kappa shape index (κ3) is 5.81. The topological polar surface area (TPSA) is 84.0 Å². The zero-order valence-corrected chi connectivity index (χ0v) is 26.7. The normalized spacial score (nSPS) is 23.1. The molecule has 2 fully saturated rings. The average Bonchev–Trinajstić information content (AvgIpc) is 3.24. The van der Waals surface area contributed by atoms with E-state index in [0.29, 0.717) is 29.2 Å². The first-order valence-corrected chi connectivity index (χ1v) is 16.3. The number of fused-ring (bicyclic) bond motifs is 1. The highest BCUT2D eigenvalue weighted by Crippen LogP contribution is 2.65. The maximum atomic E-state index is 15.7. The summed E-state index contributed by atoms with van der Waals surface area (Å²) in [7, 11) is 2.49. The fourth-order valence-electron chi connectivity index (χ4n) is 5.57. The zero-order valence-electron chi connectivity index (χ0n) is 22.8. The molecule has 2 saturated carbocycles. The number of hydrogen-bond donors (Lipinski definition) is 1. The Kier molecular flexibility index (Phi) is 8.59. The summed E-state index contributed by atoms with van der Waals surface area (Å²) >= 11 is 20.7.